The second-order valence-electron chi connectivity index (χ2n) is 4.49. The van der Waals surface area contributed by atoms with Crippen molar-refractivity contribution in [3.63, 3.8) is 0 Å². The minimum Gasteiger partial charge on any atom is -0.320 e. The number of halogens is 2. The van der Waals surface area contributed by atoms with Crippen molar-refractivity contribution in [1.29, 1.82) is 0 Å². The van der Waals surface area contributed by atoms with Crippen molar-refractivity contribution in [2.45, 2.75) is 38.1 Å². The molecule has 0 heterocycles. The van der Waals surface area contributed by atoms with Crippen molar-refractivity contribution < 1.29 is 4.39 Å². The average molecular weight is 254 g/mol. The third kappa shape index (κ3) is 2.88. The predicted octanol–water partition coefficient (Wildman–Crippen LogP) is 4.37. The summed E-state index contributed by atoms with van der Waals surface area (Å²) in [6, 6.07) is 4.31. The molecule has 0 amide bonds. The van der Waals surface area contributed by atoms with Gasteiger partial charge in [-0.1, -0.05) is 35.7 Å². The van der Waals surface area contributed by atoms with Crippen LogP contribution in [0.2, 0.25) is 5.02 Å². The lowest BCUT2D eigenvalue weighted by Crippen LogP contribution is -2.15. The van der Waals surface area contributed by atoms with Gasteiger partial charge in [-0.3, -0.25) is 0 Å². The molecule has 1 nitrogen and oxygen atoms in total. The molecule has 0 aliphatic heterocycles. The van der Waals surface area contributed by atoms with E-state index < -0.39 is 6.04 Å². The van der Waals surface area contributed by atoms with Gasteiger partial charge in [0.25, 0.3) is 0 Å². The van der Waals surface area contributed by atoms with E-state index in [4.69, 9.17) is 17.3 Å². The number of rotatable bonds is 2. The molecular formula is C14H17ClFN. The van der Waals surface area contributed by atoms with Crippen LogP contribution in [0.15, 0.2) is 29.8 Å². The Morgan fingerprint density at radius 1 is 1.24 bits per heavy atom. The summed E-state index contributed by atoms with van der Waals surface area (Å²) in [6.45, 7) is 0. The van der Waals surface area contributed by atoms with Crippen LogP contribution < -0.4 is 5.73 Å². The lowest BCUT2D eigenvalue weighted by molar-refractivity contribution is 0.592. The third-order valence-corrected chi connectivity index (χ3v) is 3.62. The highest BCUT2D eigenvalue weighted by Gasteiger charge is 2.19. The summed E-state index contributed by atoms with van der Waals surface area (Å²) in [5.74, 6) is -0.310. The molecule has 0 fully saturated rings. The number of hydrogen-bond acceptors (Lipinski definition) is 1. The summed E-state index contributed by atoms with van der Waals surface area (Å²) in [4.78, 5) is 0. The first-order valence-corrected chi connectivity index (χ1v) is 6.46. The normalized spacial score (nSPS) is 18.4. The first-order valence-electron chi connectivity index (χ1n) is 6.08. The number of hydrogen-bond donors (Lipinski definition) is 1. The molecular weight excluding hydrogens is 237 g/mol. The second kappa shape index (κ2) is 5.65. The van der Waals surface area contributed by atoms with Crippen molar-refractivity contribution in [3.05, 3.63) is 46.3 Å². The van der Waals surface area contributed by atoms with Crippen LogP contribution in [0.1, 0.15) is 43.7 Å². The minimum absolute atomic E-state index is 0.310. The fourth-order valence-electron chi connectivity index (χ4n) is 2.32. The largest absolute Gasteiger partial charge is 0.320 e. The first kappa shape index (κ1) is 12.6. The van der Waals surface area contributed by atoms with Gasteiger partial charge in [0.15, 0.2) is 0 Å². The van der Waals surface area contributed by atoms with Gasteiger partial charge in [-0.15, -0.1) is 0 Å². The molecule has 2 N–H and O–H groups in total. The van der Waals surface area contributed by atoms with Crippen LogP contribution in [0.25, 0.3) is 0 Å². The monoisotopic (exact) mass is 253 g/mol. The highest BCUT2D eigenvalue weighted by Crippen LogP contribution is 2.32. The Morgan fingerprint density at radius 2 is 2.06 bits per heavy atom. The van der Waals surface area contributed by atoms with Gasteiger partial charge in [-0.25, -0.2) is 4.39 Å². The summed E-state index contributed by atoms with van der Waals surface area (Å²) in [7, 11) is 0. The summed E-state index contributed by atoms with van der Waals surface area (Å²) < 4.78 is 13.8. The maximum Gasteiger partial charge on any atom is 0.129 e. The lowest BCUT2D eigenvalue weighted by atomic mass is 9.95. The van der Waals surface area contributed by atoms with Gasteiger partial charge in [-0.2, -0.15) is 0 Å². The van der Waals surface area contributed by atoms with Crippen molar-refractivity contribution >= 4 is 11.6 Å². The highest BCUT2D eigenvalue weighted by molar-refractivity contribution is 6.31. The Bertz CT molecular complexity index is 408. The summed E-state index contributed by atoms with van der Waals surface area (Å²) in [6.07, 6.45) is 7.69. The van der Waals surface area contributed by atoms with Crippen LogP contribution in [0, 0.1) is 5.82 Å². The zero-order valence-corrected chi connectivity index (χ0v) is 10.5. The molecule has 1 aliphatic rings. The van der Waals surface area contributed by atoms with Crippen LogP contribution >= 0.6 is 11.6 Å². The zero-order valence-electron chi connectivity index (χ0n) is 9.76. The van der Waals surface area contributed by atoms with Crippen molar-refractivity contribution in [2.24, 2.45) is 5.73 Å². The molecule has 0 saturated heterocycles. The van der Waals surface area contributed by atoms with E-state index >= 15 is 0 Å². The molecule has 1 unspecified atom stereocenters. The Labute approximate surface area is 106 Å². The van der Waals surface area contributed by atoms with Gasteiger partial charge in [0, 0.05) is 10.6 Å². The van der Waals surface area contributed by atoms with Gasteiger partial charge >= 0.3 is 0 Å². The Kier molecular flexibility index (Phi) is 4.19. The molecule has 0 bridgehead atoms. The fourth-order valence-corrected chi connectivity index (χ4v) is 2.60. The standard InChI is InChI=1S/C14H17ClFN/c15-11-8-5-9-12(16)13(11)14(17)10-6-3-1-2-4-7-10/h5-6,8-9,14H,1-4,7,17H2. The maximum atomic E-state index is 13.8. The molecule has 3 heteroatoms. The molecule has 2 rings (SSSR count). The Hall–Kier alpha value is -0.860. The van der Waals surface area contributed by atoms with E-state index in [1.807, 2.05) is 0 Å². The van der Waals surface area contributed by atoms with Crippen LogP contribution in [0.4, 0.5) is 4.39 Å². The highest BCUT2D eigenvalue weighted by atomic mass is 35.5. The van der Waals surface area contributed by atoms with E-state index in [2.05, 4.69) is 6.08 Å². The van der Waals surface area contributed by atoms with Gasteiger partial charge in [-0.05, 0) is 37.8 Å². The summed E-state index contributed by atoms with van der Waals surface area (Å²) in [5, 5.41) is 0.419. The predicted molar refractivity (Wildman–Crippen MR) is 69.5 cm³/mol. The zero-order chi connectivity index (χ0) is 12.3. The van der Waals surface area contributed by atoms with Gasteiger partial charge in [0.2, 0.25) is 0 Å². The first-order chi connectivity index (χ1) is 8.20. The lowest BCUT2D eigenvalue weighted by Gasteiger charge is -2.17. The molecule has 0 radical (unpaired) electrons. The van der Waals surface area contributed by atoms with Crippen molar-refractivity contribution in [2.75, 3.05) is 0 Å². The van der Waals surface area contributed by atoms with E-state index in [9.17, 15) is 4.39 Å². The SMILES string of the molecule is NC(C1=CCCCCC1)c1c(F)cccc1Cl. The molecule has 92 valence electrons. The number of benzene rings is 1. The van der Waals surface area contributed by atoms with Crippen molar-refractivity contribution in [3.8, 4) is 0 Å². The molecule has 0 saturated carbocycles. The summed E-state index contributed by atoms with van der Waals surface area (Å²) >= 11 is 6.04. The van der Waals surface area contributed by atoms with Crippen molar-refractivity contribution in [1.82, 2.24) is 0 Å². The van der Waals surface area contributed by atoms with E-state index in [0.29, 0.717) is 10.6 Å². The Morgan fingerprint density at radius 3 is 2.82 bits per heavy atom. The van der Waals surface area contributed by atoms with Crippen LogP contribution in [-0.2, 0) is 0 Å². The fraction of sp³-hybridized carbons (Fsp3) is 0.429. The van der Waals surface area contributed by atoms with E-state index in [1.165, 1.54) is 18.9 Å². The molecule has 17 heavy (non-hydrogen) atoms. The third-order valence-electron chi connectivity index (χ3n) is 3.29. The molecule has 0 spiro atoms. The van der Waals surface area contributed by atoms with E-state index in [0.717, 1.165) is 24.8 Å². The van der Waals surface area contributed by atoms with Gasteiger partial charge < -0.3 is 5.73 Å². The summed E-state index contributed by atoms with van der Waals surface area (Å²) in [5.41, 5.74) is 7.70. The van der Waals surface area contributed by atoms with E-state index in [1.54, 1.807) is 12.1 Å². The Balaban J connectivity index is 2.29. The second-order valence-corrected chi connectivity index (χ2v) is 4.90. The van der Waals surface area contributed by atoms with E-state index in [-0.39, 0.29) is 5.82 Å². The molecule has 0 aromatic heterocycles. The van der Waals surface area contributed by atoms with Crippen LogP contribution in [0.3, 0.4) is 0 Å². The number of allylic oxidation sites excluding steroid dienone is 1. The molecule has 1 aromatic rings. The van der Waals surface area contributed by atoms with Crippen LogP contribution in [0.5, 0.6) is 0 Å². The molecule has 1 atom stereocenters. The minimum atomic E-state index is -0.401. The van der Waals surface area contributed by atoms with Crippen LogP contribution in [-0.4, -0.2) is 0 Å². The smallest absolute Gasteiger partial charge is 0.129 e. The topological polar surface area (TPSA) is 26.0 Å². The maximum absolute atomic E-state index is 13.8. The van der Waals surface area contributed by atoms with Gasteiger partial charge in [0.05, 0.1) is 6.04 Å². The molecule has 1 aliphatic carbocycles. The molecule has 1 aromatic carbocycles. The van der Waals surface area contributed by atoms with Gasteiger partial charge in [0.1, 0.15) is 5.82 Å². The quantitative estimate of drug-likeness (QED) is 0.779. The average Bonchev–Trinajstić information content (AvgIpc) is 2.57. The number of nitrogens with two attached hydrogens (primary N) is 1.